The number of fused-ring (bicyclic) bond motifs is 2. The van der Waals surface area contributed by atoms with Gasteiger partial charge in [-0.1, -0.05) is 0 Å². The van der Waals surface area contributed by atoms with E-state index in [4.69, 9.17) is 0 Å². The number of rotatable bonds is 0. The van der Waals surface area contributed by atoms with E-state index in [9.17, 15) is 5.11 Å². The molecule has 2 rings (SSSR count). The molecule has 1 aliphatic carbocycles. The topological polar surface area (TPSA) is 24.7 Å². The highest BCUT2D eigenvalue weighted by molar-refractivity contribution is 4.87. The van der Waals surface area contributed by atoms with Gasteiger partial charge in [0.05, 0.1) is 18.7 Å². The second-order valence-electron chi connectivity index (χ2n) is 3.36. The third kappa shape index (κ3) is 0.700. The molecule has 2 fully saturated rings. The summed E-state index contributed by atoms with van der Waals surface area (Å²) in [7, 11) is 3.96. The molecule has 9 heavy (non-hydrogen) atoms. The van der Waals surface area contributed by atoms with Gasteiger partial charge in [-0.2, -0.15) is 7.05 Å². The Hall–Kier alpha value is -0.0800. The lowest BCUT2D eigenvalue weighted by atomic mass is 10.1. The smallest absolute Gasteiger partial charge is 0.0679 e. The van der Waals surface area contributed by atoms with Crippen LogP contribution in [0.3, 0.4) is 0 Å². The molecule has 1 heterocycles. The van der Waals surface area contributed by atoms with E-state index >= 15 is 0 Å². The molecular weight excluding hydrogens is 114 g/mol. The van der Waals surface area contributed by atoms with E-state index in [2.05, 4.69) is 7.05 Å². The van der Waals surface area contributed by atoms with Crippen LogP contribution in [0.25, 0.3) is 0 Å². The maximum absolute atomic E-state index is 9.30. The molecule has 52 valence electrons. The van der Waals surface area contributed by atoms with Gasteiger partial charge in [0.2, 0.25) is 0 Å². The second kappa shape index (κ2) is 1.70. The van der Waals surface area contributed by atoms with E-state index in [1.807, 2.05) is 0 Å². The zero-order valence-corrected chi connectivity index (χ0v) is 5.51. The van der Waals surface area contributed by atoms with Crippen LogP contribution in [0.2, 0.25) is 0 Å². The summed E-state index contributed by atoms with van der Waals surface area (Å²) in [5.74, 6) is 0.572. The fourth-order valence-corrected chi connectivity index (χ4v) is 2.16. The van der Waals surface area contributed by atoms with Gasteiger partial charge in [0.1, 0.15) is 0 Å². The summed E-state index contributed by atoms with van der Waals surface area (Å²) in [6.45, 7) is 1.09. The summed E-state index contributed by atoms with van der Waals surface area (Å²) in [4.78, 5) is 1.38. The summed E-state index contributed by atoms with van der Waals surface area (Å²) in [6, 6.07) is 0.671. The van der Waals surface area contributed by atoms with Crippen LogP contribution in [0.1, 0.15) is 12.8 Å². The minimum absolute atomic E-state index is 0.000463. The molecule has 0 amide bonds. The van der Waals surface area contributed by atoms with Crippen LogP contribution in [0.5, 0.6) is 0 Å². The highest BCUT2D eigenvalue weighted by Crippen LogP contribution is 2.27. The van der Waals surface area contributed by atoms with Crippen molar-refractivity contribution in [1.82, 2.24) is 0 Å². The van der Waals surface area contributed by atoms with Gasteiger partial charge in [-0.15, -0.1) is 0 Å². The van der Waals surface area contributed by atoms with Crippen LogP contribution in [0, 0.1) is 13.0 Å². The lowest BCUT2D eigenvalue weighted by Gasteiger charge is -2.27. The van der Waals surface area contributed by atoms with Crippen molar-refractivity contribution in [1.29, 1.82) is 0 Å². The molecule has 2 aliphatic rings. The third-order valence-electron chi connectivity index (χ3n) is 2.76. The highest BCUT2D eigenvalue weighted by Gasteiger charge is 2.43. The standard InChI is InChI=1S/C7H13NO/c1-8-4-5-2-6(8)3-7(5)9/h5-9H,1-4H2/t5?,6?,7-/m0/s1. The van der Waals surface area contributed by atoms with Crippen molar-refractivity contribution in [2.24, 2.45) is 5.92 Å². The lowest BCUT2D eigenvalue weighted by molar-refractivity contribution is -0.873. The van der Waals surface area contributed by atoms with Gasteiger partial charge in [0, 0.05) is 18.8 Å². The van der Waals surface area contributed by atoms with Gasteiger partial charge in [0.15, 0.2) is 0 Å². The first-order valence-corrected chi connectivity index (χ1v) is 3.63. The zero-order valence-electron chi connectivity index (χ0n) is 5.51. The minimum atomic E-state index is 0.000463. The molecule has 2 heteroatoms. The molecule has 1 saturated heterocycles. The van der Waals surface area contributed by atoms with E-state index in [0.29, 0.717) is 12.0 Å². The van der Waals surface area contributed by atoms with Gasteiger partial charge >= 0.3 is 0 Å². The van der Waals surface area contributed by atoms with Gasteiger partial charge in [-0.25, -0.2) is 0 Å². The molecular formula is C7H13NO. The van der Waals surface area contributed by atoms with Crippen molar-refractivity contribution in [3.05, 3.63) is 7.05 Å². The molecule has 0 aromatic carbocycles. The van der Waals surface area contributed by atoms with E-state index in [1.165, 1.54) is 11.3 Å². The SMILES string of the molecule is [CH2-][NH+]1CC2CC1C[C@@H]2O. The first-order valence-electron chi connectivity index (χ1n) is 3.63. The largest absolute Gasteiger partial charge is 0.465 e. The van der Waals surface area contributed by atoms with Gasteiger partial charge < -0.3 is 10.0 Å². The molecule has 0 aromatic heterocycles. The molecule has 0 spiro atoms. The Balaban J connectivity index is 2.10. The number of piperidine rings is 1. The van der Waals surface area contributed by atoms with E-state index in [-0.39, 0.29) is 6.10 Å². The lowest BCUT2D eigenvalue weighted by Crippen LogP contribution is -3.09. The highest BCUT2D eigenvalue weighted by atomic mass is 16.3. The predicted octanol–water partition coefficient (Wildman–Crippen LogP) is -1.18. The normalized spacial score (nSPS) is 56.7. The number of hydrogen-bond acceptors (Lipinski definition) is 1. The van der Waals surface area contributed by atoms with Gasteiger partial charge in [-0.05, 0) is 0 Å². The molecule has 3 unspecified atom stereocenters. The fourth-order valence-electron chi connectivity index (χ4n) is 2.16. The Morgan fingerprint density at radius 3 is 2.56 bits per heavy atom. The summed E-state index contributed by atoms with van der Waals surface area (Å²) in [5, 5.41) is 9.30. The van der Waals surface area contributed by atoms with Crippen molar-refractivity contribution in [3.8, 4) is 0 Å². The molecule has 2 N–H and O–H groups in total. The Morgan fingerprint density at radius 1 is 1.44 bits per heavy atom. The molecule has 1 saturated carbocycles. The number of likely N-dealkylation sites (tertiary alicyclic amines) is 1. The minimum Gasteiger partial charge on any atom is -0.465 e. The first kappa shape index (κ1) is 5.69. The van der Waals surface area contributed by atoms with E-state index in [1.54, 1.807) is 0 Å². The van der Waals surface area contributed by atoms with Crippen LogP contribution in [-0.4, -0.2) is 23.8 Å². The Kier molecular flexibility index (Phi) is 1.08. The number of nitrogens with one attached hydrogen (secondary N) is 1. The predicted molar refractivity (Wildman–Crippen MR) is 33.7 cm³/mol. The van der Waals surface area contributed by atoms with Gasteiger partial charge in [-0.3, -0.25) is 0 Å². The summed E-state index contributed by atoms with van der Waals surface area (Å²) in [6.07, 6.45) is 2.20. The average Bonchev–Trinajstić information content (AvgIpc) is 2.24. The third-order valence-corrected chi connectivity index (χ3v) is 2.76. The fraction of sp³-hybridized carbons (Fsp3) is 0.857. The average molecular weight is 127 g/mol. The summed E-state index contributed by atoms with van der Waals surface area (Å²) >= 11 is 0. The Bertz CT molecular complexity index is 108. The number of aliphatic hydroxyl groups excluding tert-OH is 1. The zero-order chi connectivity index (χ0) is 6.43. The quantitative estimate of drug-likeness (QED) is 0.393. The van der Waals surface area contributed by atoms with Crippen molar-refractivity contribution in [2.75, 3.05) is 6.54 Å². The number of hydrogen-bond donors (Lipinski definition) is 2. The maximum Gasteiger partial charge on any atom is 0.0679 e. The number of quaternary nitrogens is 1. The molecule has 2 nitrogen and oxygen atoms in total. The van der Waals surface area contributed by atoms with E-state index < -0.39 is 0 Å². The van der Waals surface area contributed by atoms with Crippen molar-refractivity contribution < 1.29 is 10.0 Å². The molecule has 2 bridgehead atoms. The van der Waals surface area contributed by atoms with Crippen LogP contribution < -0.4 is 4.90 Å². The van der Waals surface area contributed by atoms with E-state index in [0.717, 1.165) is 13.0 Å². The Morgan fingerprint density at radius 2 is 2.22 bits per heavy atom. The maximum atomic E-state index is 9.30. The summed E-state index contributed by atoms with van der Waals surface area (Å²) in [5.41, 5.74) is 0. The van der Waals surface area contributed by atoms with Crippen LogP contribution >= 0.6 is 0 Å². The van der Waals surface area contributed by atoms with Gasteiger partial charge in [0.25, 0.3) is 0 Å². The molecule has 0 aromatic rings. The van der Waals surface area contributed by atoms with Crippen LogP contribution in [-0.2, 0) is 0 Å². The van der Waals surface area contributed by atoms with Crippen molar-refractivity contribution >= 4 is 0 Å². The van der Waals surface area contributed by atoms with Crippen LogP contribution in [0.4, 0.5) is 0 Å². The van der Waals surface area contributed by atoms with Crippen molar-refractivity contribution in [2.45, 2.75) is 25.0 Å². The second-order valence-corrected chi connectivity index (χ2v) is 3.36. The molecule has 1 aliphatic heterocycles. The molecule has 4 atom stereocenters. The monoisotopic (exact) mass is 127 g/mol. The first-order chi connectivity index (χ1) is 4.27. The Labute approximate surface area is 55.5 Å². The molecule has 0 radical (unpaired) electrons. The van der Waals surface area contributed by atoms with Crippen molar-refractivity contribution in [3.63, 3.8) is 0 Å². The van der Waals surface area contributed by atoms with Crippen LogP contribution in [0.15, 0.2) is 0 Å². The summed E-state index contributed by atoms with van der Waals surface area (Å²) < 4.78 is 0. The number of aliphatic hydroxyl groups is 1.